The van der Waals surface area contributed by atoms with Crippen LogP contribution in [0.1, 0.15) is 0 Å². The van der Waals surface area contributed by atoms with Crippen molar-refractivity contribution in [1.29, 1.82) is 0 Å². The molecule has 8 heavy (non-hydrogen) atoms. The molecule has 0 aliphatic carbocycles. The number of thiocarbonyl (C=S) groups is 1. The summed E-state index contributed by atoms with van der Waals surface area (Å²) in [7, 11) is 0. The number of hydrogen-bond donors (Lipinski definition) is 3. The monoisotopic (exact) mass is 168 g/mol. The van der Waals surface area contributed by atoms with E-state index in [1.807, 2.05) is 0 Å². The molecule has 0 aliphatic heterocycles. The van der Waals surface area contributed by atoms with Crippen molar-refractivity contribution in [3.63, 3.8) is 0 Å². The average Bonchev–Trinajstić information content (AvgIpc) is 1.61. The third kappa shape index (κ3) is 6.06. The predicted octanol–water partition coefficient (Wildman–Crippen LogP) is 0.518. The number of carbonyl (C=O) groups excluding carboxylic acids is 1. The molecule has 0 saturated heterocycles. The smallest absolute Gasteiger partial charge is 0.286 e. The molecular weight excluding hydrogens is 164 g/mol. The fourth-order valence-electron chi connectivity index (χ4n) is 0.0940. The second kappa shape index (κ2) is 3.99. The molecule has 0 aromatic carbocycles. The largest absolute Gasteiger partial charge is 0.383 e. The van der Waals surface area contributed by atoms with Crippen LogP contribution >= 0.6 is 36.8 Å². The number of carbonyl (C=O) groups is 1. The first-order valence-corrected chi connectivity index (χ1v) is 3.25. The maximum absolute atomic E-state index is 9.97. The van der Waals surface area contributed by atoms with Crippen LogP contribution in [0.3, 0.4) is 0 Å². The molecule has 0 fully saturated rings. The van der Waals surface area contributed by atoms with E-state index in [1.54, 1.807) is 0 Å². The van der Waals surface area contributed by atoms with Crippen LogP contribution < -0.4 is 10.5 Å². The molecule has 0 aliphatic rings. The summed E-state index contributed by atoms with van der Waals surface area (Å²) in [5, 5.41) is -0.456. The van der Waals surface area contributed by atoms with Crippen LogP contribution in [-0.4, -0.2) is 9.56 Å². The summed E-state index contributed by atoms with van der Waals surface area (Å²) in [6.45, 7) is 0. The second-order valence-corrected chi connectivity index (χ2v) is 2.78. The Morgan fingerprint density at radius 1 is 1.88 bits per heavy atom. The summed E-state index contributed by atoms with van der Waals surface area (Å²) in [4.78, 5) is 9.97. The summed E-state index contributed by atoms with van der Waals surface area (Å²) in [6.07, 6.45) is 0. The van der Waals surface area contributed by atoms with Crippen molar-refractivity contribution in [2.45, 2.75) is 0 Å². The van der Waals surface area contributed by atoms with E-state index in [0.717, 1.165) is 11.9 Å². The quantitative estimate of drug-likeness (QED) is 0.280. The van der Waals surface area contributed by atoms with Crippen LogP contribution in [0.5, 0.6) is 0 Å². The molecule has 46 valence electrons. The van der Waals surface area contributed by atoms with E-state index in [0.29, 0.717) is 0 Å². The van der Waals surface area contributed by atoms with Gasteiger partial charge in [0.15, 0.2) is 4.32 Å². The molecule has 6 heteroatoms. The number of nitrogens with two attached hydrogens (primary N) is 1. The van der Waals surface area contributed by atoms with Crippen molar-refractivity contribution in [2.24, 2.45) is 5.73 Å². The highest BCUT2D eigenvalue weighted by molar-refractivity contribution is 8.22. The standard InChI is InChI=1S/C2H4N2OS3/c3-1(6)8-4-2(5)7/h(H2,3,6)(H2,4,5,7). The highest BCUT2D eigenvalue weighted by atomic mass is 32.2. The fraction of sp³-hybridized carbons (Fsp3) is 0. The first-order chi connectivity index (χ1) is 3.63. The minimum absolute atomic E-state index is 0.174. The number of hydrogen-bond acceptors (Lipinski definition) is 3. The molecule has 3 N–H and O–H groups in total. The third-order valence-electron chi connectivity index (χ3n) is 0.239. The Morgan fingerprint density at radius 2 is 2.38 bits per heavy atom. The van der Waals surface area contributed by atoms with Crippen molar-refractivity contribution < 1.29 is 4.79 Å². The van der Waals surface area contributed by atoms with E-state index in [9.17, 15) is 4.79 Å². The van der Waals surface area contributed by atoms with Gasteiger partial charge in [-0.25, -0.2) is 0 Å². The highest BCUT2D eigenvalue weighted by Gasteiger charge is 1.91. The van der Waals surface area contributed by atoms with Crippen molar-refractivity contribution in [2.75, 3.05) is 0 Å². The first-order valence-electron chi connectivity index (χ1n) is 1.58. The first kappa shape index (κ1) is 8.06. The summed E-state index contributed by atoms with van der Waals surface area (Å²) in [5.41, 5.74) is 4.99. The van der Waals surface area contributed by atoms with Gasteiger partial charge in [0, 0.05) is 11.9 Å². The lowest BCUT2D eigenvalue weighted by Gasteiger charge is -1.93. The molecule has 0 radical (unpaired) electrons. The Kier molecular flexibility index (Phi) is 4.02. The van der Waals surface area contributed by atoms with Crippen molar-refractivity contribution in [1.82, 2.24) is 4.72 Å². The molecule has 0 atom stereocenters. The van der Waals surface area contributed by atoms with Crippen LogP contribution in [0.25, 0.3) is 0 Å². The lowest BCUT2D eigenvalue weighted by Crippen LogP contribution is -2.14. The van der Waals surface area contributed by atoms with E-state index in [1.165, 1.54) is 0 Å². The molecular formula is C2H4N2OS3. The molecule has 1 amide bonds. The van der Waals surface area contributed by atoms with E-state index in [-0.39, 0.29) is 4.32 Å². The Bertz CT molecular complexity index is 99.9. The lowest BCUT2D eigenvalue weighted by molar-refractivity contribution is 0.265. The van der Waals surface area contributed by atoms with Gasteiger partial charge in [-0.2, -0.15) is 0 Å². The zero-order chi connectivity index (χ0) is 6.57. The van der Waals surface area contributed by atoms with Crippen molar-refractivity contribution in [3.8, 4) is 0 Å². The Labute approximate surface area is 61.9 Å². The van der Waals surface area contributed by atoms with Gasteiger partial charge < -0.3 is 5.73 Å². The summed E-state index contributed by atoms with van der Waals surface area (Å²) in [6, 6.07) is 0. The molecule has 0 unspecified atom stereocenters. The Hall–Kier alpha value is 0.0600. The van der Waals surface area contributed by atoms with Gasteiger partial charge in [-0.15, -0.1) is 0 Å². The highest BCUT2D eigenvalue weighted by Crippen LogP contribution is 1.92. The van der Waals surface area contributed by atoms with Crippen LogP contribution in [0.2, 0.25) is 0 Å². The number of rotatable bonds is 0. The van der Waals surface area contributed by atoms with Crippen molar-refractivity contribution in [3.05, 3.63) is 0 Å². The summed E-state index contributed by atoms with van der Waals surface area (Å²) >= 11 is 8.67. The minimum atomic E-state index is -0.456. The van der Waals surface area contributed by atoms with Crippen LogP contribution in [0.15, 0.2) is 0 Å². The van der Waals surface area contributed by atoms with E-state index >= 15 is 0 Å². The van der Waals surface area contributed by atoms with Crippen LogP contribution in [0, 0.1) is 0 Å². The van der Waals surface area contributed by atoms with Crippen molar-refractivity contribution >= 4 is 46.4 Å². The average molecular weight is 168 g/mol. The maximum Gasteiger partial charge on any atom is 0.286 e. The molecule has 0 heterocycles. The number of amides is 1. The SMILES string of the molecule is NC(=S)SNC(=O)S. The molecule has 3 nitrogen and oxygen atoms in total. The topological polar surface area (TPSA) is 55.1 Å². The van der Waals surface area contributed by atoms with E-state index < -0.39 is 5.24 Å². The van der Waals surface area contributed by atoms with E-state index in [2.05, 4.69) is 29.6 Å². The molecule has 0 rings (SSSR count). The molecule has 0 bridgehead atoms. The Balaban J connectivity index is 3.18. The van der Waals surface area contributed by atoms with E-state index in [4.69, 9.17) is 5.73 Å². The molecule has 0 saturated carbocycles. The lowest BCUT2D eigenvalue weighted by atomic mass is 11.5. The van der Waals surface area contributed by atoms with Crippen LogP contribution in [-0.2, 0) is 0 Å². The third-order valence-corrected chi connectivity index (χ3v) is 1.24. The summed E-state index contributed by atoms with van der Waals surface area (Å²) in [5.74, 6) is 0. The normalized spacial score (nSPS) is 8.12. The Morgan fingerprint density at radius 3 is 2.50 bits per heavy atom. The fourth-order valence-corrected chi connectivity index (χ4v) is 0.544. The van der Waals surface area contributed by atoms with Gasteiger partial charge in [0.1, 0.15) is 0 Å². The number of nitrogens with one attached hydrogen (secondary N) is 1. The predicted molar refractivity (Wildman–Crippen MR) is 41.9 cm³/mol. The van der Waals surface area contributed by atoms with Gasteiger partial charge in [-0.1, -0.05) is 24.8 Å². The van der Waals surface area contributed by atoms with Gasteiger partial charge >= 0.3 is 0 Å². The van der Waals surface area contributed by atoms with Gasteiger partial charge in [0.25, 0.3) is 5.24 Å². The van der Waals surface area contributed by atoms with Crippen LogP contribution in [0.4, 0.5) is 4.79 Å². The van der Waals surface area contributed by atoms with Gasteiger partial charge in [0.2, 0.25) is 0 Å². The van der Waals surface area contributed by atoms with Gasteiger partial charge in [-0.05, 0) is 0 Å². The van der Waals surface area contributed by atoms with Gasteiger partial charge in [0.05, 0.1) is 0 Å². The zero-order valence-corrected chi connectivity index (χ0v) is 6.28. The summed E-state index contributed by atoms with van der Waals surface area (Å²) < 4.78 is 2.39. The van der Waals surface area contributed by atoms with Gasteiger partial charge in [-0.3, -0.25) is 9.52 Å². The minimum Gasteiger partial charge on any atom is -0.383 e. The zero-order valence-electron chi connectivity index (χ0n) is 3.75. The second-order valence-electron chi connectivity index (χ2n) is 0.828. The molecule has 0 aromatic heterocycles. The number of thiol groups is 1. The molecule has 0 aromatic rings. The molecule has 0 spiro atoms. The maximum atomic E-state index is 9.97.